The van der Waals surface area contributed by atoms with E-state index in [1.54, 1.807) is 0 Å². The van der Waals surface area contributed by atoms with E-state index in [4.69, 9.17) is 0 Å². The van der Waals surface area contributed by atoms with Gasteiger partial charge < -0.3 is 10.6 Å². The van der Waals surface area contributed by atoms with Gasteiger partial charge in [0.15, 0.2) is 5.96 Å². The lowest BCUT2D eigenvalue weighted by Gasteiger charge is -2.20. The number of rotatable bonds is 6. The molecule has 0 aliphatic heterocycles. The first-order valence-electron chi connectivity index (χ1n) is 7.48. The summed E-state index contributed by atoms with van der Waals surface area (Å²) in [5, 5.41) is 5.32. The van der Waals surface area contributed by atoms with Gasteiger partial charge in [-0.1, -0.05) is 6.07 Å². The van der Waals surface area contributed by atoms with Gasteiger partial charge in [-0.25, -0.2) is 4.39 Å². The lowest BCUT2D eigenvalue weighted by molar-refractivity contribution is -0.142. The fourth-order valence-corrected chi connectivity index (χ4v) is 2.12. The Bertz CT molecular complexity index is 611. The van der Waals surface area contributed by atoms with E-state index in [1.807, 2.05) is 0 Å². The zero-order valence-electron chi connectivity index (χ0n) is 14.1. The molecular formula is C15H19F7N4. The van der Waals surface area contributed by atoms with Crippen molar-refractivity contribution in [3.05, 3.63) is 35.1 Å². The lowest BCUT2D eigenvalue weighted by atomic mass is 10.1. The molecule has 0 amide bonds. The average Bonchev–Trinajstić information content (AvgIpc) is 2.48. The Kier molecular flexibility index (Phi) is 7.67. The minimum absolute atomic E-state index is 0.0462. The number of alkyl halides is 6. The highest BCUT2D eigenvalue weighted by molar-refractivity contribution is 5.79. The molecule has 148 valence electrons. The second kappa shape index (κ2) is 9.06. The van der Waals surface area contributed by atoms with Crippen LogP contribution in [0.5, 0.6) is 0 Å². The molecule has 0 fully saturated rings. The SMILES string of the molecule is CN=C(NCCN(C)CC(F)(F)F)NCc1ccc(F)cc1C(F)(F)F. The molecule has 0 aliphatic carbocycles. The Labute approximate surface area is 146 Å². The Morgan fingerprint density at radius 3 is 2.31 bits per heavy atom. The quantitative estimate of drug-likeness (QED) is 0.447. The van der Waals surface area contributed by atoms with Crippen LogP contribution in [-0.4, -0.2) is 50.8 Å². The van der Waals surface area contributed by atoms with E-state index in [9.17, 15) is 30.7 Å². The average molecular weight is 388 g/mol. The fourth-order valence-electron chi connectivity index (χ4n) is 2.12. The van der Waals surface area contributed by atoms with Crippen molar-refractivity contribution in [1.82, 2.24) is 15.5 Å². The van der Waals surface area contributed by atoms with E-state index in [1.165, 1.54) is 14.1 Å². The van der Waals surface area contributed by atoms with Crippen molar-refractivity contribution in [2.45, 2.75) is 18.9 Å². The molecule has 0 saturated carbocycles. The third kappa shape index (κ3) is 7.89. The second-order valence-electron chi connectivity index (χ2n) is 5.50. The molecule has 0 unspecified atom stereocenters. The summed E-state index contributed by atoms with van der Waals surface area (Å²) >= 11 is 0. The van der Waals surface area contributed by atoms with Crippen molar-refractivity contribution in [2.75, 3.05) is 33.7 Å². The van der Waals surface area contributed by atoms with Crippen LogP contribution in [0.15, 0.2) is 23.2 Å². The molecule has 0 aromatic heterocycles. The van der Waals surface area contributed by atoms with Gasteiger partial charge in [0, 0.05) is 26.7 Å². The highest BCUT2D eigenvalue weighted by atomic mass is 19.4. The highest BCUT2D eigenvalue weighted by Crippen LogP contribution is 2.32. The predicted octanol–water partition coefficient (Wildman–Crippen LogP) is 3.00. The van der Waals surface area contributed by atoms with Gasteiger partial charge in [0.05, 0.1) is 12.1 Å². The molecule has 0 aliphatic rings. The summed E-state index contributed by atoms with van der Waals surface area (Å²) in [6.45, 7) is -1.22. The molecule has 0 atom stereocenters. The van der Waals surface area contributed by atoms with Gasteiger partial charge in [-0.3, -0.25) is 9.89 Å². The number of benzene rings is 1. The topological polar surface area (TPSA) is 39.7 Å². The molecule has 4 nitrogen and oxygen atoms in total. The van der Waals surface area contributed by atoms with Crippen molar-refractivity contribution >= 4 is 5.96 Å². The number of halogens is 7. The van der Waals surface area contributed by atoms with E-state index >= 15 is 0 Å². The molecule has 0 heterocycles. The maximum absolute atomic E-state index is 13.1. The number of likely N-dealkylation sites (N-methyl/N-ethyl adjacent to an activating group) is 1. The molecule has 2 N–H and O–H groups in total. The molecule has 0 saturated heterocycles. The minimum Gasteiger partial charge on any atom is -0.355 e. The molecule has 26 heavy (non-hydrogen) atoms. The first kappa shape index (κ1) is 22.0. The Morgan fingerprint density at radius 1 is 1.12 bits per heavy atom. The minimum atomic E-state index is -4.71. The number of nitrogens with one attached hydrogen (secondary N) is 2. The van der Waals surface area contributed by atoms with Crippen molar-refractivity contribution in [2.24, 2.45) is 4.99 Å². The Morgan fingerprint density at radius 2 is 1.77 bits per heavy atom. The van der Waals surface area contributed by atoms with E-state index in [2.05, 4.69) is 15.6 Å². The third-order valence-electron chi connectivity index (χ3n) is 3.28. The fraction of sp³-hybridized carbons (Fsp3) is 0.533. The van der Waals surface area contributed by atoms with Gasteiger partial charge in [0.2, 0.25) is 0 Å². The van der Waals surface area contributed by atoms with Gasteiger partial charge in [-0.2, -0.15) is 26.3 Å². The monoisotopic (exact) mass is 388 g/mol. The van der Waals surface area contributed by atoms with Crippen LogP contribution in [0.3, 0.4) is 0 Å². The van der Waals surface area contributed by atoms with Crippen LogP contribution >= 0.6 is 0 Å². The first-order valence-corrected chi connectivity index (χ1v) is 7.48. The van der Waals surface area contributed by atoms with Gasteiger partial charge in [-0.05, 0) is 24.7 Å². The maximum Gasteiger partial charge on any atom is 0.416 e. The van der Waals surface area contributed by atoms with Crippen LogP contribution in [0.2, 0.25) is 0 Å². The standard InChI is InChI=1S/C15H19F7N4/c1-23-13(24-5-6-26(2)9-14(17,18)19)25-8-10-3-4-11(16)7-12(10)15(20,21)22/h3-4,7H,5-6,8-9H2,1-2H3,(H2,23,24,25). The number of aliphatic imine (C=N–C) groups is 1. The van der Waals surface area contributed by atoms with E-state index < -0.39 is 30.3 Å². The summed E-state index contributed by atoms with van der Waals surface area (Å²) in [4.78, 5) is 4.83. The zero-order valence-corrected chi connectivity index (χ0v) is 14.1. The van der Waals surface area contributed by atoms with Crippen molar-refractivity contribution in [3.63, 3.8) is 0 Å². The van der Waals surface area contributed by atoms with Gasteiger partial charge in [-0.15, -0.1) is 0 Å². The molecule has 0 spiro atoms. The Balaban J connectivity index is 2.58. The number of nitrogens with zero attached hydrogens (tertiary/aromatic N) is 2. The first-order chi connectivity index (χ1) is 11.9. The largest absolute Gasteiger partial charge is 0.416 e. The summed E-state index contributed by atoms with van der Waals surface area (Å²) < 4.78 is 88.5. The number of guanidine groups is 1. The molecular weight excluding hydrogens is 369 g/mol. The van der Waals surface area contributed by atoms with Gasteiger partial charge in [0.1, 0.15) is 5.82 Å². The second-order valence-corrected chi connectivity index (χ2v) is 5.50. The van der Waals surface area contributed by atoms with Gasteiger partial charge in [0.25, 0.3) is 0 Å². The van der Waals surface area contributed by atoms with Crippen LogP contribution in [-0.2, 0) is 12.7 Å². The van der Waals surface area contributed by atoms with Crippen LogP contribution in [0.1, 0.15) is 11.1 Å². The lowest BCUT2D eigenvalue weighted by Crippen LogP contribution is -2.42. The van der Waals surface area contributed by atoms with Crippen LogP contribution in [0, 0.1) is 5.82 Å². The zero-order chi connectivity index (χ0) is 20.0. The molecule has 1 rings (SSSR count). The molecule has 0 radical (unpaired) electrons. The van der Waals surface area contributed by atoms with Crippen LogP contribution < -0.4 is 10.6 Å². The Hall–Kier alpha value is -2.04. The summed E-state index contributed by atoms with van der Waals surface area (Å²) in [6.07, 6.45) is -9.03. The molecule has 11 heteroatoms. The van der Waals surface area contributed by atoms with Gasteiger partial charge >= 0.3 is 12.4 Å². The highest BCUT2D eigenvalue weighted by Gasteiger charge is 2.33. The predicted molar refractivity (Wildman–Crippen MR) is 83.2 cm³/mol. The molecule has 0 bridgehead atoms. The normalized spacial score (nSPS) is 13.2. The number of hydrogen-bond donors (Lipinski definition) is 2. The van der Waals surface area contributed by atoms with E-state index in [0.29, 0.717) is 6.07 Å². The number of hydrogen-bond acceptors (Lipinski definition) is 2. The van der Waals surface area contributed by atoms with Crippen molar-refractivity contribution in [1.29, 1.82) is 0 Å². The van der Waals surface area contributed by atoms with Crippen LogP contribution in [0.25, 0.3) is 0 Å². The summed E-state index contributed by atoms with van der Waals surface area (Å²) in [5.74, 6) is -0.890. The summed E-state index contributed by atoms with van der Waals surface area (Å²) in [6, 6.07) is 2.32. The molecule has 1 aromatic rings. The van der Waals surface area contributed by atoms with Crippen molar-refractivity contribution < 1.29 is 30.7 Å². The van der Waals surface area contributed by atoms with E-state index in [0.717, 1.165) is 17.0 Å². The van der Waals surface area contributed by atoms with Crippen LogP contribution in [0.4, 0.5) is 30.7 Å². The maximum atomic E-state index is 13.1. The van der Waals surface area contributed by atoms with Crippen molar-refractivity contribution in [3.8, 4) is 0 Å². The third-order valence-corrected chi connectivity index (χ3v) is 3.28. The van der Waals surface area contributed by atoms with E-state index in [-0.39, 0.29) is 31.2 Å². The molecule has 1 aromatic carbocycles. The summed E-state index contributed by atoms with van der Waals surface area (Å²) in [5.41, 5.74) is -1.29. The smallest absolute Gasteiger partial charge is 0.355 e. The summed E-state index contributed by atoms with van der Waals surface area (Å²) in [7, 11) is 2.66.